The van der Waals surface area contributed by atoms with Crippen molar-refractivity contribution in [2.45, 2.75) is 38.4 Å². The van der Waals surface area contributed by atoms with Crippen LogP contribution in [0.5, 0.6) is 5.75 Å². The second-order valence-electron chi connectivity index (χ2n) is 5.76. The molecule has 1 fully saturated rings. The molecule has 0 saturated carbocycles. The maximum absolute atomic E-state index is 12.6. The number of amidine groups is 1. The van der Waals surface area contributed by atoms with Gasteiger partial charge in [0.2, 0.25) is 11.8 Å². The van der Waals surface area contributed by atoms with Gasteiger partial charge in [-0.2, -0.15) is 0 Å². The predicted molar refractivity (Wildman–Crippen MR) is 107 cm³/mol. The quantitative estimate of drug-likeness (QED) is 0.733. The first kappa shape index (κ1) is 20.9. The Labute approximate surface area is 166 Å². The van der Waals surface area contributed by atoms with Crippen LogP contribution < -0.4 is 5.32 Å². The number of aliphatic imine (C=N–C) groups is 1. The minimum Gasteiger partial charge on any atom is -0.505 e. The van der Waals surface area contributed by atoms with Crippen LogP contribution in [-0.2, 0) is 9.59 Å². The molecule has 2 amide bonds. The maximum atomic E-state index is 12.6. The molecule has 1 aromatic rings. The average molecular weight is 418 g/mol. The van der Waals surface area contributed by atoms with E-state index in [4.69, 9.17) is 23.2 Å². The van der Waals surface area contributed by atoms with Crippen molar-refractivity contribution in [2.24, 2.45) is 4.99 Å². The lowest BCUT2D eigenvalue weighted by atomic mass is 10.2. The van der Waals surface area contributed by atoms with Gasteiger partial charge in [-0.3, -0.25) is 14.5 Å². The minimum atomic E-state index is -0.526. The fourth-order valence-corrected chi connectivity index (χ4v) is 4.02. The molecule has 0 unspecified atom stereocenters. The van der Waals surface area contributed by atoms with Crippen molar-refractivity contribution in [3.05, 3.63) is 22.2 Å². The van der Waals surface area contributed by atoms with Gasteiger partial charge >= 0.3 is 0 Å². The van der Waals surface area contributed by atoms with Gasteiger partial charge < -0.3 is 10.4 Å². The van der Waals surface area contributed by atoms with E-state index in [0.29, 0.717) is 23.9 Å². The van der Waals surface area contributed by atoms with Crippen molar-refractivity contribution in [3.63, 3.8) is 0 Å². The van der Waals surface area contributed by atoms with E-state index in [1.165, 1.54) is 23.9 Å². The summed E-state index contributed by atoms with van der Waals surface area (Å²) in [4.78, 5) is 30.8. The molecule has 1 aromatic carbocycles. The van der Waals surface area contributed by atoms with Crippen LogP contribution in [0.3, 0.4) is 0 Å². The van der Waals surface area contributed by atoms with Crippen LogP contribution in [0.1, 0.15) is 33.1 Å². The second kappa shape index (κ2) is 9.48. The van der Waals surface area contributed by atoms with Crippen molar-refractivity contribution in [3.8, 4) is 5.75 Å². The summed E-state index contributed by atoms with van der Waals surface area (Å²) in [5.41, 5.74) is 0.408. The summed E-state index contributed by atoms with van der Waals surface area (Å²) >= 11 is 13.1. The van der Waals surface area contributed by atoms with E-state index >= 15 is 0 Å². The summed E-state index contributed by atoms with van der Waals surface area (Å²) in [6, 6.07) is 2.93. The van der Waals surface area contributed by atoms with E-state index < -0.39 is 5.25 Å². The number of phenols is 1. The molecule has 0 radical (unpaired) electrons. The molecule has 1 heterocycles. The highest BCUT2D eigenvalue weighted by Gasteiger charge is 2.35. The summed E-state index contributed by atoms with van der Waals surface area (Å²) in [5, 5.41) is 12.5. The number of rotatable bonds is 6. The van der Waals surface area contributed by atoms with Crippen LogP contribution in [0.2, 0.25) is 10.0 Å². The molecule has 0 spiro atoms. The highest BCUT2D eigenvalue weighted by Crippen LogP contribution is 2.37. The van der Waals surface area contributed by atoms with Gasteiger partial charge in [0.1, 0.15) is 0 Å². The first-order valence-corrected chi connectivity index (χ1v) is 10.0. The lowest BCUT2D eigenvalue weighted by Crippen LogP contribution is -2.47. The fraction of sp³-hybridized carbons (Fsp3) is 0.471. The molecule has 2 N–H and O–H groups in total. The molecule has 1 saturated heterocycles. The van der Waals surface area contributed by atoms with Gasteiger partial charge in [0.25, 0.3) is 0 Å². The number of hydrogen-bond donors (Lipinski definition) is 2. The molecule has 26 heavy (non-hydrogen) atoms. The molecule has 6 nitrogen and oxygen atoms in total. The van der Waals surface area contributed by atoms with Gasteiger partial charge in [-0.15, -0.1) is 0 Å². The van der Waals surface area contributed by atoms with Gasteiger partial charge in [0.05, 0.1) is 21.0 Å². The van der Waals surface area contributed by atoms with Gasteiger partial charge in [0.15, 0.2) is 10.9 Å². The Morgan fingerprint density at radius 2 is 2.04 bits per heavy atom. The number of carbonyl (C=O) groups is 2. The molecule has 0 aliphatic carbocycles. The molecular formula is C17H21Cl2N3O3S. The number of phenolic OH excluding ortho intramolecular Hbond substituents is 1. The van der Waals surface area contributed by atoms with Crippen LogP contribution in [0.4, 0.5) is 5.69 Å². The summed E-state index contributed by atoms with van der Waals surface area (Å²) < 4.78 is 0. The third kappa shape index (κ3) is 5.05. The number of nitrogens with zero attached hydrogens (tertiary/aromatic N) is 2. The maximum Gasteiger partial charge on any atom is 0.234 e. The monoisotopic (exact) mass is 417 g/mol. The minimum absolute atomic E-state index is 0.0735. The topological polar surface area (TPSA) is 82.0 Å². The molecular weight excluding hydrogens is 397 g/mol. The SMILES string of the molecule is CCCCN1C(=O)C[C@@H](C(=O)NCC)SC1=Nc1cc(Cl)c(O)c(Cl)c1. The summed E-state index contributed by atoms with van der Waals surface area (Å²) in [7, 11) is 0. The standard InChI is InChI=1S/C17H21Cl2N3O3S/c1-3-5-6-22-14(23)9-13(16(25)20-4-2)26-17(22)21-10-7-11(18)15(24)12(19)8-10/h7-8,13,24H,3-6,9H2,1-2H3,(H,20,25)/t13-/m0/s1. The first-order valence-electron chi connectivity index (χ1n) is 8.38. The number of aromatic hydroxyl groups is 1. The number of carbonyl (C=O) groups excluding carboxylic acids is 2. The van der Waals surface area contributed by atoms with E-state index in [0.717, 1.165) is 12.8 Å². The number of benzene rings is 1. The Kier molecular flexibility index (Phi) is 7.61. The highest BCUT2D eigenvalue weighted by molar-refractivity contribution is 8.15. The summed E-state index contributed by atoms with van der Waals surface area (Å²) in [6.45, 7) is 4.90. The number of amides is 2. The van der Waals surface area contributed by atoms with Gasteiger partial charge in [0, 0.05) is 19.5 Å². The third-order valence-corrected chi connectivity index (χ3v) is 5.51. The van der Waals surface area contributed by atoms with Gasteiger partial charge in [-0.05, 0) is 25.5 Å². The zero-order valence-electron chi connectivity index (χ0n) is 14.6. The lowest BCUT2D eigenvalue weighted by Gasteiger charge is -2.31. The second-order valence-corrected chi connectivity index (χ2v) is 7.74. The molecule has 1 aliphatic heterocycles. The van der Waals surface area contributed by atoms with E-state index in [-0.39, 0.29) is 34.0 Å². The van der Waals surface area contributed by atoms with Crippen LogP contribution in [0.25, 0.3) is 0 Å². The molecule has 0 bridgehead atoms. The lowest BCUT2D eigenvalue weighted by molar-refractivity contribution is -0.130. The van der Waals surface area contributed by atoms with Crippen molar-refractivity contribution >= 4 is 57.6 Å². The molecule has 1 aliphatic rings. The van der Waals surface area contributed by atoms with E-state index in [2.05, 4.69) is 10.3 Å². The largest absolute Gasteiger partial charge is 0.505 e. The van der Waals surface area contributed by atoms with Crippen LogP contribution in [-0.4, -0.2) is 45.3 Å². The number of hydrogen-bond acceptors (Lipinski definition) is 5. The zero-order chi connectivity index (χ0) is 19.3. The zero-order valence-corrected chi connectivity index (χ0v) is 16.9. The van der Waals surface area contributed by atoms with Crippen LogP contribution >= 0.6 is 35.0 Å². The molecule has 9 heteroatoms. The Hall–Kier alpha value is -1.44. The number of unbranched alkanes of at least 4 members (excludes halogenated alkanes) is 1. The van der Waals surface area contributed by atoms with Crippen molar-refractivity contribution in [2.75, 3.05) is 13.1 Å². The van der Waals surface area contributed by atoms with E-state index in [9.17, 15) is 14.7 Å². The van der Waals surface area contributed by atoms with Crippen LogP contribution in [0, 0.1) is 0 Å². The molecule has 2 rings (SSSR count). The average Bonchev–Trinajstić information content (AvgIpc) is 2.59. The van der Waals surface area contributed by atoms with E-state index in [1.54, 1.807) is 4.90 Å². The van der Waals surface area contributed by atoms with Gasteiger partial charge in [-0.1, -0.05) is 48.3 Å². The van der Waals surface area contributed by atoms with Crippen molar-refractivity contribution in [1.82, 2.24) is 10.2 Å². The first-order chi connectivity index (χ1) is 12.4. The van der Waals surface area contributed by atoms with Crippen molar-refractivity contribution < 1.29 is 14.7 Å². The highest BCUT2D eigenvalue weighted by atomic mass is 35.5. The predicted octanol–water partition coefficient (Wildman–Crippen LogP) is 3.96. The Balaban J connectivity index is 2.36. The Morgan fingerprint density at radius 1 is 1.38 bits per heavy atom. The smallest absolute Gasteiger partial charge is 0.234 e. The summed E-state index contributed by atoms with van der Waals surface area (Å²) in [6.07, 6.45) is 1.89. The van der Waals surface area contributed by atoms with E-state index in [1.807, 2.05) is 13.8 Å². The van der Waals surface area contributed by atoms with Gasteiger partial charge in [-0.25, -0.2) is 4.99 Å². The summed E-state index contributed by atoms with van der Waals surface area (Å²) in [5.74, 6) is -0.536. The normalized spacial score (nSPS) is 19.1. The third-order valence-electron chi connectivity index (χ3n) is 3.74. The molecule has 1 atom stereocenters. The van der Waals surface area contributed by atoms with Crippen LogP contribution in [0.15, 0.2) is 17.1 Å². The molecule has 0 aromatic heterocycles. The fourth-order valence-electron chi connectivity index (χ4n) is 2.39. The number of halogens is 2. The molecule has 142 valence electrons. The number of nitrogens with one attached hydrogen (secondary N) is 1. The Bertz CT molecular complexity index is 704. The Morgan fingerprint density at radius 3 is 2.62 bits per heavy atom. The van der Waals surface area contributed by atoms with Crippen molar-refractivity contribution in [1.29, 1.82) is 0 Å². The number of thioether (sulfide) groups is 1.